The highest BCUT2D eigenvalue weighted by atomic mass is 19.1. The zero-order valence-electron chi connectivity index (χ0n) is 16.6. The molecule has 29 heavy (non-hydrogen) atoms. The van der Waals surface area contributed by atoms with Crippen LogP contribution in [0.3, 0.4) is 0 Å². The Hall–Kier alpha value is -2.69. The molecule has 0 amide bonds. The molecule has 2 fully saturated rings. The Bertz CT molecular complexity index is 1060. The lowest BCUT2D eigenvalue weighted by Crippen LogP contribution is -2.24. The average molecular weight is 392 g/mol. The summed E-state index contributed by atoms with van der Waals surface area (Å²) in [6.45, 7) is 0. The number of imidazole rings is 1. The van der Waals surface area contributed by atoms with E-state index in [-0.39, 0.29) is 23.4 Å². The lowest BCUT2D eigenvalue weighted by molar-refractivity contribution is 0.0875. The SMILES string of the molecule is COc1ccc(C2CCC(C(=O)c3c(C4CC4)ccc4cncn34)CC2)c(F)c1. The van der Waals surface area contributed by atoms with Gasteiger partial charge in [0.2, 0.25) is 0 Å². The van der Waals surface area contributed by atoms with Crippen molar-refractivity contribution in [2.45, 2.75) is 50.4 Å². The van der Waals surface area contributed by atoms with Crippen molar-refractivity contribution in [2.75, 3.05) is 7.11 Å². The third-order valence-electron chi connectivity index (χ3n) is 6.61. The van der Waals surface area contributed by atoms with E-state index >= 15 is 0 Å². The summed E-state index contributed by atoms with van der Waals surface area (Å²) in [6.07, 6.45) is 9.13. The van der Waals surface area contributed by atoms with Gasteiger partial charge in [0.25, 0.3) is 0 Å². The van der Waals surface area contributed by atoms with E-state index in [2.05, 4.69) is 17.1 Å². The number of hydrogen-bond donors (Lipinski definition) is 0. The first-order chi connectivity index (χ1) is 14.2. The Morgan fingerprint density at radius 2 is 1.72 bits per heavy atom. The highest BCUT2D eigenvalue weighted by molar-refractivity contribution is 5.98. The van der Waals surface area contributed by atoms with Crippen molar-refractivity contribution >= 4 is 11.3 Å². The molecule has 0 spiro atoms. The van der Waals surface area contributed by atoms with Gasteiger partial charge in [-0.15, -0.1) is 0 Å². The van der Waals surface area contributed by atoms with Gasteiger partial charge in [-0.3, -0.25) is 9.20 Å². The van der Waals surface area contributed by atoms with Gasteiger partial charge in [0, 0.05) is 12.0 Å². The molecule has 0 aliphatic heterocycles. The molecule has 1 aromatic carbocycles. The van der Waals surface area contributed by atoms with Gasteiger partial charge in [0.15, 0.2) is 5.78 Å². The predicted octanol–water partition coefficient (Wildman–Crippen LogP) is 5.52. The van der Waals surface area contributed by atoms with Crippen LogP contribution in [-0.2, 0) is 0 Å². The number of halogens is 1. The van der Waals surface area contributed by atoms with Gasteiger partial charge >= 0.3 is 0 Å². The van der Waals surface area contributed by atoms with Crippen molar-refractivity contribution in [3.63, 3.8) is 0 Å². The van der Waals surface area contributed by atoms with Gasteiger partial charge in [-0.05, 0) is 73.6 Å². The predicted molar refractivity (Wildman–Crippen MR) is 109 cm³/mol. The number of ketones is 1. The number of methoxy groups -OCH3 is 1. The van der Waals surface area contributed by atoms with Crippen molar-refractivity contribution in [1.29, 1.82) is 0 Å². The first kappa shape index (κ1) is 18.3. The van der Waals surface area contributed by atoms with Crippen molar-refractivity contribution in [1.82, 2.24) is 9.38 Å². The van der Waals surface area contributed by atoms with Crippen molar-refractivity contribution in [3.8, 4) is 5.75 Å². The molecule has 0 bridgehead atoms. The summed E-state index contributed by atoms with van der Waals surface area (Å²) < 4.78 is 21.5. The summed E-state index contributed by atoms with van der Waals surface area (Å²) in [5, 5.41) is 0. The van der Waals surface area contributed by atoms with E-state index in [0.717, 1.165) is 55.3 Å². The van der Waals surface area contributed by atoms with Crippen LogP contribution in [0, 0.1) is 11.7 Å². The van der Waals surface area contributed by atoms with Crippen LogP contribution in [-0.4, -0.2) is 22.3 Å². The molecule has 4 nitrogen and oxygen atoms in total. The van der Waals surface area contributed by atoms with E-state index in [1.165, 1.54) is 11.6 Å². The number of hydrogen-bond acceptors (Lipinski definition) is 3. The zero-order chi connectivity index (χ0) is 20.0. The summed E-state index contributed by atoms with van der Waals surface area (Å²) in [5.74, 6) is 1.22. The topological polar surface area (TPSA) is 43.6 Å². The van der Waals surface area contributed by atoms with Crippen LogP contribution >= 0.6 is 0 Å². The molecular weight excluding hydrogens is 367 g/mol. The summed E-state index contributed by atoms with van der Waals surface area (Å²) in [4.78, 5) is 17.8. The maximum absolute atomic E-state index is 14.5. The van der Waals surface area contributed by atoms with E-state index in [9.17, 15) is 9.18 Å². The van der Waals surface area contributed by atoms with Crippen molar-refractivity contribution < 1.29 is 13.9 Å². The van der Waals surface area contributed by atoms with Crippen LogP contribution in [0.15, 0.2) is 42.9 Å². The van der Waals surface area contributed by atoms with Crippen molar-refractivity contribution in [3.05, 3.63) is 65.5 Å². The zero-order valence-corrected chi connectivity index (χ0v) is 16.6. The van der Waals surface area contributed by atoms with Crippen molar-refractivity contribution in [2.24, 2.45) is 5.92 Å². The standard InChI is InChI=1S/C24H25FN2O2/c1-29-19-9-11-20(22(25)12-19)15-4-6-17(7-5-15)24(28)23-21(16-2-3-16)10-8-18-13-26-14-27(18)23/h8-17H,2-7H2,1H3. The molecule has 0 atom stereocenters. The summed E-state index contributed by atoms with van der Waals surface area (Å²) in [7, 11) is 1.54. The maximum atomic E-state index is 14.5. The molecule has 5 heteroatoms. The van der Waals surface area contributed by atoms with E-state index in [4.69, 9.17) is 4.74 Å². The number of fused-ring (bicyclic) bond motifs is 1. The Kier molecular flexibility index (Phi) is 4.61. The molecule has 2 heterocycles. The average Bonchev–Trinajstić information content (AvgIpc) is 3.49. The molecule has 0 N–H and O–H groups in total. The number of aromatic nitrogens is 2. The highest BCUT2D eigenvalue weighted by Crippen LogP contribution is 2.44. The van der Waals surface area contributed by atoms with Gasteiger partial charge in [0.05, 0.1) is 30.8 Å². The fourth-order valence-electron chi connectivity index (χ4n) is 4.82. The fraction of sp³-hybridized carbons (Fsp3) is 0.417. The van der Waals surface area contributed by atoms with Crippen LogP contribution in [0.25, 0.3) is 5.52 Å². The molecule has 150 valence electrons. The van der Waals surface area contributed by atoms with E-state index < -0.39 is 0 Å². The van der Waals surface area contributed by atoms with Gasteiger partial charge in [-0.2, -0.15) is 0 Å². The first-order valence-corrected chi connectivity index (χ1v) is 10.5. The molecule has 0 saturated heterocycles. The first-order valence-electron chi connectivity index (χ1n) is 10.5. The number of pyridine rings is 1. The van der Waals surface area contributed by atoms with E-state index in [0.29, 0.717) is 11.7 Å². The second-order valence-corrected chi connectivity index (χ2v) is 8.40. The highest BCUT2D eigenvalue weighted by Gasteiger charge is 2.34. The second-order valence-electron chi connectivity index (χ2n) is 8.40. The van der Waals surface area contributed by atoms with E-state index in [1.807, 2.05) is 16.5 Å². The van der Waals surface area contributed by atoms with Crippen LogP contribution in [0.4, 0.5) is 4.39 Å². The molecule has 0 radical (unpaired) electrons. The van der Waals surface area contributed by atoms with Crippen LogP contribution in [0.1, 0.15) is 72.0 Å². The fourth-order valence-corrected chi connectivity index (χ4v) is 4.82. The summed E-state index contributed by atoms with van der Waals surface area (Å²) in [6, 6.07) is 9.27. The van der Waals surface area contributed by atoms with Gasteiger partial charge in [-0.1, -0.05) is 12.1 Å². The quantitative estimate of drug-likeness (QED) is 0.537. The number of benzene rings is 1. The largest absolute Gasteiger partial charge is 0.497 e. The summed E-state index contributed by atoms with van der Waals surface area (Å²) in [5.41, 5.74) is 3.70. The Morgan fingerprint density at radius 1 is 1.03 bits per heavy atom. The molecule has 2 saturated carbocycles. The van der Waals surface area contributed by atoms with Gasteiger partial charge in [-0.25, -0.2) is 9.37 Å². The minimum absolute atomic E-state index is 0.00180. The smallest absolute Gasteiger partial charge is 0.182 e. The number of ether oxygens (including phenoxy) is 1. The molecule has 2 aromatic heterocycles. The lowest BCUT2D eigenvalue weighted by Gasteiger charge is -2.29. The second kappa shape index (κ2) is 7.29. The minimum atomic E-state index is -0.210. The monoisotopic (exact) mass is 392 g/mol. The van der Waals surface area contributed by atoms with Crippen LogP contribution in [0.2, 0.25) is 0 Å². The number of carbonyl (C=O) groups is 1. The van der Waals surface area contributed by atoms with Crippen LogP contribution in [0.5, 0.6) is 5.75 Å². The number of rotatable bonds is 5. The Morgan fingerprint density at radius 3 is 2.41 bits per heavy atom. The molecule has 0 unspecified atom stereocenters. The third kappa shape index (κ3) is 3.33. The Labute approximate surface area is 169 Å². The number of carbonyl (C=O) groups excluding carboxylic acids is 1. The summed E-state index contributed by atoms with van der Waals surface area (Å²) >= 11 is 0. The molecule has 2 aliphatic carbocycles. The van der Waals surface area contributed by atoms with E-state index in [1.54, 1.807) is 19.6 Å². The number of nitrogens with zero attached hydrogens (tertiary/aromatic N) is 2. The van der Waals surface area contributed by atoms with Gasteiger partial charge in [0.1, 0.15) is 11.6 Å². The maximum Gasteiger partial charge on any atom is 0.182 e. The third-order valence-corrected chi connectivity index (χ3v) is 6.61. The minimum Gasteiger partial charge on any atom is -0.497 e. The Balaban J connectivity index is 1.36. The number of Topliss-reactive ketones (excluding diaryl/α,β-unsaturated/α-hetero) is 1. The molecular formula is C24H25FN2O2. The van der Waals surface area contributed by atoms with Crippen LogP contribution < -0.4 is 4.74 Å². The molecule has 2 aliphatic rings. The normalized spacial score (nSPS) is 22.0. The molecule has 5 rings (SSSR count). The molecule has 3 aromatic rings. The van der Waals surface area contributed by atoms with Gasteiger partial charge < -0.3 is 4.74 Å². The lowest BCUT2D eigenvalue weighted by atomic mass is 9.76.